The summed E-state index contributed by atoms with van der Waals surface area (Å²) in [6, 6.07) is 14.6. The maximum atomic E-state index is 12.5. The first-order valence-corrected chi connectivity index (χ1v) is 8.66. The van der Waals surface area contributed by atoms with Gasteiger partial charge in [0.05, 0.1) is 27.4 Å². The van der Waals surface area contributed by atoms with Gasteiger partial charge in [-0.2, -0.15) is 10.1 Å². The second kappa shape index (κ2) is 6.53. The van der Waals surface area contributed by atoms with Gasteiger partial charge in [-0.05, 0) is 24.3 Å². The van der Waals surface area contributed by atoms with Crippen LogP contribution in [0.4, 0.5) is 5.13 Å². The third-order valence-corrected chi connectivity index (χ3v) is 4.79. The van der Waals surface area contributed by atoms with Gasteiger partial charge in [0, 0.05) is 6.92 Å². The number of aromatic nitrogens is 1. The largest absolute Gasteiger partial charge is 0.463 e. The van der Waals surface area contributed by atoms with Crippen molar-refractivity contribution < 1.29 is 9.21 Å². The Hall–Kier alpha value is -3.32. The maximum Gasteiger partial charge on any atom is 0.246 e. The molecule has 0 aliphatic heterocycles. The molecule has 0 aliphatic carbocycles. The molecule has 0 saturated carbocycles. The first-order valence-electron chi connectivity index (χ1n) is 7.84. The monoisotopic (exact) mass is 363 g/mol. The van der Waals surface area contributed by atoms with Crippen molar-refractivity contribution in [1.29, 1.82) is 0 Å². The van der Waals surface area contributed by atoms with Gasteiger partial charge >= 0.3 is 0 Å². The van der Waals surface area contributed by atoms with E-state index in [9.17, 15) is 9.59 Å². The van der Waals surface area contributed by atoms with Crippen molar-refractivity contribution in [3.8, 4) is 0 Å². The number of hydrogen-bond donors (Lipinski definition) is 0. The van der Waals surface area contributed by atoms with Gasteiger partial charge in [0.15, 0.2) is 0 Å². The van der Waals surface area contributed by atoms with Crippen molar-refractivity contribution >= 4 is 49.8 Å². The second-order valence-electron chi connectivity index (χ2n) is 5.56. The molecule has 7 heteroatoms. The molecule has 6 nitrogen and oxygen atoms in total. The van der Waals surface area contributed by atoms with Crippen LogP contribution in [-0.2, 0) is 4.79 Å². The van der Waals surface area contributed by atoms with Crippen LogP contribution in [0.25, 0.3) is 21.2 Å². The number of amides is 1. The van der Waals surface area contributed by atoms with Crippen molar-refractivity contribution in [1.82, 2.24) is 4.98 Å². The van der Waals surface area contributed by atoms with Crippen LogP contribution in [0.5, 0.6) is 0 Å². The van der Waals surface area contributed by atoms with Crippen LogP contribution in [0, 0.1) is 0 Å². The summed E-state index contributed by atoms with van der Waals surface area (Å²) in [6.07, 6.45) is 2.66. The molecule has 0 unspecified atom stereocenters. The average molecular weight is 363 g/mol. The Kier molecular flexibility index (Phi) is 4.06. The molecule has 1 amide bonds. The van der Waals surface area contributed by atoms with E-state index in [1.807, 2.05) is 24.3 Å². The summed E-state index contributed by atoms with van der Waals surface area (Å²) in [4.78, 5) is 29.0. The van der Waals surface area contributed by atoms with Crippen molar-refractivity contribution in [3.63, 3.8) is 0 Å². The average Bonchev–Trinajstić information content (AvgIpc) is 3.07. The zero-order valence-electron chi connectivity index (χ0n) is 13.7. The third-order valence-electron chi connectivity index (χ3n) is 3.78. The number of hydrazone groups is 1. The van der Waals surface area contributed by atoms with Crippen LogP contribution in [-0.4, -0.2) is 17.1 Å². The van der Waals surface area contributed by atoms with Gasteiger partial charge < -0.3 is 4.42 Å². The summed E-state index contributed by atoms with van der Waals surface area (Å²) in [5.41, 5.74) is 1.35. The number of hydrogen-bond acceptors (Lipinski definition) is 6. The molecule has 26 heavy (non-hydrogen) atoms. The molecule has 2 heterocycles. The number of fused-ring (bicyclic) bond motifs is 2. The van der Waals surface area contributed by atoms with Gasteiger partial charge in [0.2, 0.25) is 16.5 Å². The van der Waals surface area contributed by atoms with E-state index in [0.717, 1.165) is 10.2 Å². The van der Waals surface area contributed by atoms with E-state index in [1.165, 1.54) is 35.7 Å². The molecule has 0 fully saturated rings. The molecule has 0 radical (unpaired) electrons. The summed E-state index contributed by atoms with van der Waals surface area (Å²) in [6.45, 7) is 1.40. The number of carbonyl (C=O) groups is 1. The molecule has 4 rings (SSSR count). The second-order valence-corrected chi connectivity index (χ2v) is 6.56. The summed E-state index contributed by atoms with van der Waals surface area (Å²) < 4.78 is 6.42. The van der Waals surface area contributed by atoms with Crippen LogP contribution < -0.4 is 10.4 Å². The number of nitrogens with zero attached hydrogens (tertiary/aromatic N) is 3. The maximum absolute atomic E-state index is 12.5. The van der Waals surface area contributed by atoms with Crippen molar-refractivity contribution in [2.24, 2.45) is 5.10 Å². The zero-order chi connectivity index (χ0) is 18.1. The number of benzene rings is 2. The summed E-state index contributed by atoms with van der Waals surface area (Å²) in [5, 5.41) is 6.26. The van der Waals surface area contributed by atoms with Gasteiger partial charge in [-0.3, -0.25) is 9.59 Å². The third kappa shape index (κ3) is 2.89. The highest BCUT2D eigenvalue weighted by Crippen LogP contribution is 2.28. The lowest BCUT2D eigenvalue weighted by Crippen LogP contribution is -2.22. The molecular formula is C19H13N3O3S. The number of para-hydroxylation sites is 2. The predicted octanol–water partition coefficient (Wildman–Crippen LogP) is 3.79. The zero-order valence-corrected chi connectivity index (χ0v) is 14.6. The number of thiazole rings is 1. The molecule has 4 aromatic rings. The predicted molar refractivity (Wildman–Crippen MR) is 103 cm³/mol. The molecule has 0 bridgehead atoms. The summed E-state index contributed by atoms with van der Waals surface area (Å²) in [5.74, 6) is -0.300. The fourth-order valence-electron chi connectivity index (χ4n) is 2.52. The molecular weight excluding hydrogens is 350 g/mol. The fraction of sp³-hybridized carbons (Fsp3) is 0.0526. The molecule has 128 valence electrons. The first kappa shape index (κ1) is 16.2. The Balaban J connectivity index is 1.74. The van der Waals surface area contributed by atoms with Gasteiger partial charge in [-0.15, -0.1) is 0 Å². The van der Waals surface area contributed by atoms with Crippen LogP contribution in [0.3, 0.4) is 0 Å². The molecule has 0 atom stereocenters. The fourth-order valence-corrected chi connectivity index (χ4v) is 3.49. The van der Waals surface area contributed by atoms with Gasteiger partial charge in [0.25, 0.3) is 0 Å². The van der Waals surface area contributed by atoms with Crippen molar-refractivity contribution in [3.05, 3.63) is 70.6 Å². The highest BCUT2D eigenvalue weighted by atomic mass is 32.1. The van der Waals surface area contributed by atoms with E-state index in [0.29, 0.717) is 16.1 Å². The van der Waals surface area contributed by atoms with Crippen LogP contribution in [0.15, 0.2) is 69.1 Å². The Morgan fingerprint density at radius 2 is 1.96 bits per heavy atom. The Labute approximate surface area is 152 Å². The summed E-state index contributed by atoms with van der Waals surface area (Å²) in [7, 11) is 0. The van der Waals surface area contributed by atoms with Crippen LogP contribution >= 0.6 is 11.3 Å². The number of anilines is 1. The first-order chi connectivity index (χ1) is 12.6. The van der Waals surface area contributed by atoms with Crippen LogP contribution in [0.1, 0.15) is 12.5 Å². The van der Waals surface area contributed by atoms with Crippen LogP contribution in [0.2, 0.25) is 0 Å². The highest BCUT2D eigenvalue weighted by molar-refractivity contribution is 7.22. The molecule has 0 N–H and O–H groups in total. The molecule has 2 aromatic heterocycles. The van der Waals surface area contributed by atoms with E-state index in [2.05, 4.69) is 10.1 Å². The lowest BCUT2D eigenvalue weighted by Gasteiger charge is -2.10. The Morgan fingerprint density at radius 1 is 1.19 bits per heavy atom. The van der Waals surface area contributed by atoms with E-state index in [-0.39, 0.29) is 16.9 Å². The number of rotatable bonds is 3. The van der Waals surface area contributed by atoms with Crippen molar-refractivity contribution in [2.75, 3.05) is 5.01 Å². The lowest BCUT2D eigenvalue weighted by atomic mass is 10.2. The lowest BCUT2D eigenvalue weighted by molar-refractivity contribution is -0.116. The van der Waals surface area contributed by atoms with E-state index in [1.54, 1.807) is 24.3 Å². The van der Waals surface area contributed by atoms with E-state index in [4.69, 9.17) is 4.42 Å². The standard InChI is InChI=1S/C19H13N3O3S/c1-12(23)22(19-21-15-7-3-5-9-17(15)26-19)20-10-13-11-25-16-8-4-2-6-14(16)18(13)24/h2-11H,1H3/b20-10-. The number of carbonyl (C=O) groups excluding carboxylic acids is 1. The smallest absolute Gasteiger partial charge is 0.246 e. The normalized spacial score (nSPS) is 11.4. The van der Waals surface area contributed by atoms with Gasteiger partial charge in [-0.25, -0.2) is 4.98 Å². The molecule has 0 saturated heterocycles. The molecule has 0 aliphatic rings. The molecule has 2 aromatic carbocycles. The van der Waals surface area contributed by atoms with E-state index < -0.39 is 0 Å². The molecule has 0 spiro atoms. The van der Waals surface area contributed by atoms with Gasteiger partial charge in [0.1, 0.15) is 11.8 Å². The quantitative estimate of drug-likeness (QED) is 0.410. The van der Waals surface area contributed by atoms with Crippen molar-refractivity contribution in [2.45, 2.75) is 6.92 Å². The topological polar surface area (TPSA) is 75.8 Å². The Morgan fingerprint density at radius 3 is 2.77 bits per heavy atom. The minimum atomic E-state index is -0.300. The van der Waals surface area contributed by atoms with Gasteiger partial charge in [-0.1, -0.05) is 35.6 Å². The summed E-state index contributed by atoms with van der Waals surface area (Å²) >= 11 is 1.35. The minimum Gasteiger partial charge on any atom is -0.463 e. The Bertz CT molecular complexity index is 1180. The highest BCUT2D eigenvalue weighted by Gasteiger charge is 2.15. The SMILES string of the molecule is CC(=O)N(/N=C\c1coc2ccccc2c1=O)c1nc2ccccc2s1. The van der Waals surface area contributed by atoms with E-state index >= 15 is 0 Å². The minimum absolute atomic E-state index is 0.205.